The minimum Gasteiger partial charge on any atom is -0.462 e. The van der Waals surface area contributed by atoms with E-state index < -0.39 is 16.3 Å². The van der Waals surface area contributed by atoms with Crippen molar-refractivity contribution in [3.8, 4) is 17.2 Å². The van der Waals surface area contributed by atoms with Gasteiger partial charge in [-0.3, -0.25) is 4.79 Å². The van der Waals surface area contributed by atoms with E-state index in [2.05, 4.69) is 71.6 Å². The highest BCUT2D eigenvalue weighted by Crippen LogP contribution is 2.54. The predicted octanol–water partition coefficient (Wildman–Crippen LogP) is 10.6. The van der Waals surface area contributed by atoms with Crippen molar-refractivity contribution in [1.82, 2.24) is 0 Å². The highest BCUT2D eigenvalue weighted by molar-refractivity contribution is 14.1. The van der Waals surface area contributed by atoms with E-state index in [4.69, 9.17) is 14.2 Å². The minimum absolute atomic E-state index is 0.121. The lowest BCUT2D eigenvalue weighted by atomic mass is 9.58. The number of benzene rings is 4. The Balaban J connectivity index is 1.20. The maximum atomic E-state index is 14.0. The van der Waals surface area contributed by atoms with Crippen molar-refractivity contribution in [2.45, 2.75) is 66.6 Å². The average molecular weight is 761 g/mol. The van der Waals surface area contributed by atoms with Gasteiger partial charge in [0, 0.05) is 9.14 Å². The molecule has 0 saturated heterocycles. The summed E-state index contributed by atoms with van der Waals surface area (Å²) in [4.78, 5) is 29.4. The van der Waals surface area contributed by atoms with E-state index in [1.165, 1.54) is 9.79 Å². The molecule has 2 aliphatic rings. The van der Waals surface area contributed by atoms with Gasteiger partial charge in [-0.25, -0.2) is 4.79 Å². The van der Waals surface area contributed by atoms with E-state index in [9.17, 15) is 9.59 Å². The molecule has 2 saturated carbocycles. The number of thiol groups is 1. The van der Waals surface area contributed by atoms with Crippen molar-refractivity contribution in [2.24, 2.45) is 17.3 Å². The number of fused-ring (bicyclic) bond motifs is 2. The molecule has 4 aromatic rings. The third-order valence-corrected chi connectivity index (χ3v) is 12.4. The first-order chi connectivity index (χ1) is 22.8. The summed E-state index contributed by atoms with van der Waals surface area (Å²) in [5.41, 5.74) is -0.0790. The molecule has 0 amide bonds. The Morgan fingerprint density at radius 1 is 0.851 bits per heavy atom. The van der Waals surface area contributed by atoms with Crippen LogP contribution in [0, 0.1) is 20.8 Å². The molecule has 2 bridgehead atoms. The molecule has 6 rings (SSSR count). The quantitative estimate of drug-likeness (QED) is 0.0542. The highest BCUT2D eigenvalue weighted by atomic mass is 127. The van der Waals surface area contributed by atoms with Crippen molar-refractivity contribution >= 4 is 45.4 Å². The van der Waals surface area contributed by atoms with Crippen LogP contribution in [0.4, 0.5) is 0 Å². The van der Waals surface area contributed by atoms with Crippen LogP contribution in [0.15, 0.2) is 130 Å². The van der Waals surface area contributed by atoms with Crippen LogP contribution >= 0.6 is 33.5 Å². The summed E-state index contributed by atoms with van der Waals surface area (Å²) in [5, 5.41) is 0. The number of esters is 2. The molecule has 4 unspecified atom stereocenters. The summed E-state index contributed by atoms with van der Waals surface area (Å²) in [6, 6.07) is 34.9. The van der Waals surface area contributed by atoms with Gasteiger partial charge >= 0.3 is 11.9 Å². The van der Waals surface area contributed by atoms with E-state index >= 15 is 0 Å². The van der Waals surface area contributed by atoms with Gasteiger partial charge in [0.1, 0.15) is 17.2 Å². The summed E-state index contributed by atoms with van der Waals surface area (Å²) in [6.07, 6.45) is 6.52. The topological polar surface area (TPSA) is 61.8 Å². The first-order valence-corrected chi connectivity index (χ1v) is 18.7. The smallest absolute Gasteiger partial charge is 0.333 e. The molecule has 7 heteroatoms. The Kier molecular flexibility index (Phi) is 10.7. The Bertz CT molecular complexity index is 1710. The molecule has 0 aromatic heterocycles. The Morgan fingerprint density at radius 2 is 1.53 bits per heavy atom. The monoisotopic (exact) mass is 760 g/mol. The molecule has 244 valence electrons. The lowest BCUT2D eigenvalue weighted by Gasteiger charge is -2.46. The number of ether oxygens (including phenoxy) is 3. The van der Waals surface area contributed by atoms with Gasteiger partial charge in [0.2, 0.25) is 0 Å². The van der Waals surface area contributed by atoms with Gasteiger partial charge in [0.25, 0.3) is 0 Å². The molecule has 0 heterocycles. The fourth-order valence-corrected chi connectivity index (χ4v) is 9.80. The van der Waals surface area contributed by atoms with Crippen molar-refractivity contribution in [3.05, 3.63) is 119 Å². The van der Waals surface area contributed by atoms with Gasteiger partial charge in [-0.2, -0.15) is 10.9 Å². The van der Waals surface area contributed by atoms with Crippen LogP contribution < -0.4 is 9.47 Å². The predicted molar refractivity (Wildman–Crippen MR) is 195 cm³/mol. The number of carbonyl (C=O) groups excluding carboxylic acids is 2. The summed E-state index contributed by atoms with van der Waals surface area (Å²) < 4.78 is 18.9. The highest BCUT2D eigenvalue weighted by Gasteiger charge is 2.49. The molecule has 2 fully saturated rings. The molecule has 4 atom stereocenters. The van der Waals surface area contributed by atoms with E-state index in [1.807, 2.05) is 60.7 Å². The second kappa shape index (κ2) is 15.1. The van der Waals surface area contributed by atoms with E-state index in [0.29, 0.717) is 29.8 Å². The molecule has 2 aliphatic carbocycles. The molecule has 0 N–H and O–H groups in total. The minimum atomic E-state index is -0.910. The number of carbonyl (C=O) groups is 2. The molecule has 5 nitrogen and oxygen atoms in total. The Morgan fingerprint density at radius 3 is 2.26 bits per heavy atom. The van der Waals surface area contributed by atoms with E-state index in [1.54, 1.807) is 6.92 Å². The maximum absolute atomic E-state index is 14.0. The SMILES string of the molecule is C=C(C)C(=O)OCCC1CC2CCCC(C(=O)Oc3cccc([SH](c4ccccc4)c4ccc(Oc5ccc(I)cc5)cc4)c3)(C2)C1. The van der Waals surface area contributed by atoms with Gasteiger partial charge in [-0.1, -0.05) is 43.7 Å². The van der Waals surface area contributed by atoms with Crippen molar-refractivity contribution < 1.29 is 23.8 Å². The molecular formula is C40H41IO5S. The third kappa shape index (κ3) is 8.30. The van der Waals surface area contributed by atoms with Gasteiger partial charge in [0.05, 0.1) is 12.0 Å². The number of hydrogen-bond donors (Lipinski definition) is 1. The first kappa shape index (κ1) is 33.3. The summed E-state index contributed by atoms with van der Waals surface area (Å²) in [6.45, 7) is 5.69. The zero-order chi connectivity index (χ0) is 32.8. The standard InChI is InChI=1S/C40H41IO5S/c1-28(2)38(42)44-23-21-30-24-29-8-7-22-40(26-29,27-30)39(43)46-34-9-6-12-37(25-34)47(35-10-4-3-5-11-35)36-19-17-33(18-20-36)45-32-15-13-31(41)14-16-32/h3-6,9-20,25,29-30,47H,1,7-8,21-24,26-27H2,2H3. The second-order valence-electron chi connectivity index (χ2n) is 12.9. The van der Waals surface area contributed by atoms with E-state index in [0.717, 1.165) is 64.9 Å². The van der Waals surface area contributed by atoms with Crippen molar-refractivity contribution in [2.75, 3.05) is 6.61 Å². The van der Waals surface area contributed by atoms with Crippen LogP contribution in [0.2, 0.25) is 0 Å². The maximum Gasteiger partial charge on any atom is 0.333 e. The van der Waals surface area contributed by atoms with Crippen LogP contribution in [-0.2, 0) is 14.3 Å². The fraction of sp³-hybridized carbons (Fsp3) is 0.300. The average Bonchev–Trinajstić information content (AvgIpc) is 3.07. The van der Waals surface area contributed by atoms with Crippen LogP contribution in [0.25, 0.3) is 0 Å². The zero-order valence-corrected chi connectivity index (χ0v) is 29.8. The molecule has 0 aliphatic heterocycles. The van der Waals surface area contributed by atoms with Gasteiger partial charge in [-0.05, 0) is 167 Å². The van der Waals surface area contributed by atoms with Crippen molar-refractivity contribution in [3.63, 3.8) is 0 Å². The fourth-order valence-electron chi connectivity index (χ4n) is 7.14. The molecule has 47 heavy (non-hydrogen) atoms. The van der Waals surface area contributed by atoms with Gasteiger partial charge in [-0.15, -0.1) is 0 Å². The molecule has 0 spiro atoms. The lowest BCUT2D eigenvalue weighted by Crippen LogP contribution is -2.45. The molecule has 4 aromatic carbocycles. The summed E-state index contributed by atoms with van der Waals surface area (Å²) in [7, 11) is -0.910. The second-order valence-corrected chi connectivity index (χ2v) is 16.3. The van der Waals surface area contributed by atoms with E-state index in [-0.39, 0.29) is 11.9 Å². The largest absolute Gasteiger partial charge is 0.462 e. The third-order valence-electron chi connectivity index (χ3n) is 9.28. The zero-order valence-electron chi connectivity index (χ0n) is 26.7. The summed E-state index contributed by atoms with van der Waals surface area (Å²) >= 11 is 2.29. The van der Waals surface area contributed by atoms with Gasteiger partial charge < -0.3 is 14.2 Å². The number of hydrogen-bond acceptors (Lipinski definition) is 5. The lowest BCUT2D eigenvalue weighted by molar-refractivity contribution is -0.154. The normalized spacial score (nSPS) is 21.3. The number of rotatable bonds is 11. The summed E-state index contributed by atoms with van der Waals surface area (Å²) in [5.74, 6) is 2.53. The Labute approximate surface area is 294 Å². The number of halogens is 1. The van der Waals surface area contributed by atoms with Crippen molar-refractivity contribution in [1.29, 1.82) is 0 Å². The molecule has 0 radical (unpaired) electrons. The van der Waals surface area contributed by atoms with Crippen LogP contribution in [0.3, 0.4) is 0 Å². The van der Waals surface area contributed by atoms with Crippen LogP contribution in [-0.4, -0.2) is 18.5 Å². The van der Waals surface area contributed by atoms with Crippen LogP contribution in [0.1, 0.15) is 51.9 Å². The molecular weight excluding hydrogens is 719 g/mol. The Hall–Kier alpha value is -3.56. The van der Waals surface area contributed by atoms with Crippen LogP contribution in [0.5, 0.6) is 17.2 Å². The van der Waals surface area contributed by atoms with Gasteiger partial charge in [0.15, 0.2) is 0 Å². The first-order valence-electron chi connectivity index (χ1n) is 16.3.